The first-order valence-corrected chi connectivity index (χ1v) is 12.6. The Bertz CT molecular complexity index is 1110. The van der Waals surface area contributed by atoms with Crippen LogP contribution in [-0.4, -0.2) is 59.6 Å². The summed E-state index contributed by atoms with van der Waals surface area (Å²) in [6, 6.07) is 10.8. The quantitative estimate of drug-likeness (QED) is 0.336. The molecule has 0 bridgehead atoms. The monoisotopic (exact) mass is 512 g/mol. The molecular formula is C27H33FN4O5. The highest BCUT2D eigenvalue weighted by molar-refractivity contribution is 5.99. The molecule has 198 valence electrons. The molecule has 2 aliphatic heterocycles. The Labute approximate surface area is 215 Å². The van der Waals surface area contributed by atoms with Gasteiger partial charge in [-0.05, 0) is 67.6 Å². The predicted molar refractivity (Wildman–Crippen MR) is 134 cm³/mol. The SMILES string of the molecule is NCCCC[C@@H]1NC(=O)[C@H]2C[C@@H](C(=O)NCc3ccc(F)cc3)[C@@H](c3cccc(OCCO)c3)N2C1=O. The lowest BCUT2D eigenvalue weighted by atomic mass is 9.92. The summed E-state index contributed by atoms with van der Waals surface area (Å²) in [7, 11) is 0. The Hall–Kier alpha value is -3.50. The number of unbranched alkanes of at least 4 members (excludes halogenated alkanes) is 1. The van der Waals surface area contributed by atoms with E-state index in [1.807, 2.05) is 6.07 Å². The minimum Gasteiger partial charge on any atom is -0.491 e. The fraction of sp³-hybridized carbons (Fsp3) is 0.444. The second-order valence-corrected chi connectivity index (χ2v) is 9.38. The number of nitrogens with two attached hydrogens (primary N) is 1. The van der Waals surface area contributed by atoms with Gasteiger partial charge in [0, 0.05) is 6.54 Å². The molecule has 9 nitrogen and oxygen atoms in total. The lowest BCUT2D eigenvalue weighted by Gasteiger charge is -2.38. The first-order valence-electron chi connectivity index (χ1n) is 12.6. The molecular weight excluding hydrogens is 479 g/mol. The van der Waals surface area contributed by atoms with Crippen LogP contribution >= 0.6 is 0 Å². The number of hydrogen-bond donors (Lipinski definition) is 4. The minimum atomic E-state index is -0.771. The Morgan fingerprint density at radius 2 is 1.97 bits per heavy atom. The van der Waals surface area contributed by atoms with Crippen LogP contribution in [-0.2, 0) is 20.9 Å². The van der Waals surface area contributed by atoms with Gasteiger partial charge in [0.25, 0.3) is 0 Å². The van der Waals surface area contributed by atoms with Crippen LogP contribution in [0.5, 0.6) is 5.75 Å². The van der Waals surface area contributed by atoms with Crippen LogP contribution in [0.15, 0.2) is 48.5 Å². The number of ether oxygens (including phenoxy) is 1. The summed E-state index contributed by atoms with van der Waals surface area (Å²) >= 11 is 0. The molecule has 4 atom stereocenters. The molecule has 10 heteroatoms. The number of carbonyl (C=O) groups excluding carboxylic acids is 3. The molecule has 0 radical (unpaired) electrons. The lowest BCUT2D eigenvalue weighted by Crippen LogP contribution is -2.61. The number of halogens is 1. The van der Waals surface area contributed by atoms with E-state index < -0.39 is 24.0 Å². The number of aliphatic hydroxyl groups excluding tert-OH is 1. The number of carbonyl (C=O) groups is 3. The van der Waals surface area contributed by atoms with Crippen molar-refractivity contribution in [3.05, 3.63) is 65.5 Å². The first-order chi connectivity index (χ1) is 17.9. The Balaban J connectivity index is 1.61. The number of rotatable bonds is 11. The zero-order chi connectivity index (χ0) is 26.4. The van der Waals surface area contributed by atoms with E-state index in [2.05, 4.69) is 10.6 Å². The number of aliphatic hydroxyl groups is 1. The van der Waals surface area contributed by atoms with Gasteiger partial charge in [0.05, 0.1) is 18.6 Å². The van der Waals surface area contributed by atoms with Crippen molar-refractivity contribution in [2.45, 2.75) is 50.4 Å². The predicted octanol–water partition coefficient (Wildman–Crippen LogP) is 1.40. The van der Waals surface area contributed by atoms with Gasteiger partial charge in [0.1, 0.15) is 30.3 Å². The molecule has 2 aromatic rings. The Kier molecular flexibility index (Phi) is 8.73. The smallest absolute Gasteiger partial charge is 0.246 e. The fourth-order valence-electron chi connectivity index (χ4n) is 5.11. The highest BCUT2D eigenvalue weighted by Crippen LogP contribution is 2.44. The topological polar surface area (TPSA) is 134 Å². The highest BCUT2D eigenvalue weighted by atomic mass is 19.1. The van der Waals surface area contributed by atoms with Crippen LogP contribution in [0.25, 0.3) is 0 Å². The van der Waals surface area contributed by atoms with Gasteiger partial charge in [-0.1, -0.05) is 24.3 Å². The molecule has 0 saturated carbocycles. The molecule has 2 fully saturated rings. The largest absolute Gasteiger partial charge is 0.491 e. The molecule has 4 rings (SSSR count). The molecule has 37 heavy (non-hydrogen) atoms. The van der Waals surface area contributed by atoms with Gasteiger partial charge in [-0.3, -0.25) is 14.4 Å². The molecule has 2 saturated heterocycles. The van der Waals surface area contributed by atoms with Crippen LogP contribution < -0.4 is 21.1 Å². The molecule has 0 spiro atoms. The zero-order valence-electron chi connectivity index (χ0n) is 20.6. The summed E-state index contributed by atoms with van der Waals surface area (Å²) in [4.78, 5) is 41.7. The maximum Gasteiger partial charge on any atom is 0.246 e. The molecule has 0 unspecified atom stereocenters. The normalized spacial score (nSPS) is 22.9. The standard InChI is InChI=1S/C27H33FN4O5/c28-19-9-7-17(8-10-19)16-30-25(34)21-15-23-26(35)31-22(6-1-2-11-29)27(36)32(23)24(21)18-4-3-5-20(14-18)37-13-12-33/h3-5,7-10,14,21-24,33H,1-2,6,11-13,15-16,29H2,(H,30,34)(H,31,35)/t21-,22+,23-,24-/m1/s1. The van der Waals surface area contributed by atoms with Crippen LogP contribution in [0, 0.1) is 11.7 Å². The van der Waals surface area contributed by atoms with Crippen LogP contribution in [0.3, 0.4) is 0 Å². The summed E-state index contributed by atoms with van der Waals surface area (Å²) in [5.74, 6) is -1.35. The van der Waals surface area contributed by atoms with Crippen LogP contribution in [0.2, 0.25) is 0 Å². The molecule has 2 heterocycles. The van der Waals surface area contributed by atoms with Gasteiger partial charge in [-0.25, -0.2) is 4.39 Å². The summed E-state index contributed by atoms with van der Waals surface area (Å²) < 4.78 is 18.8. The van der Waals surface area contributed by atoms with Gasteiger partial charge in [-0.2, -0.15) is 0 Å². The van der Waals surface area contributed by atoms with Gasteiger partial charge >= 0.3 is 0 Å². The third-order valence-electron chi connectivity index (χ3n) is 6.89. The average molecular weight is 513 g/mol. The molecule has 0 aromatic heterocycles. The number of benzene rings is 2. The van der Waals surface area contributed by atoms with Crippen molar-refractivity contribution in [2.75, 3.05) is 19.8 Å². The summed E-state index contributed by atoms with van der Waals surface area (Å²) in [6.45, 7) is 0.640. The lowest BCUT2D eigenvalue weighted by molar-refractivity contribution is -0.149. The molecule has 0 aliphatic carbocycles. The van der Waals surface area contributed by atoms with Crippen molar-refractivity contribution in [2.24, 2.45) is 11.7 Å². The number of nitrogens with zero attached hydrogens (tertiary/aromatic N) is 1. The van der Waals surface area contributed by atoms with E-state index in [1.54, 1.807) is 35.2 Å². The van der Waals surface area contributed by atoms with Crippen molar-refractivity contribution in [1.82, 2.24) is 15.5 Å². The van der Waals surface area contributed by atoms with E-state index >= 15 is 0 Å². The molecule has 3 amide bonds. The molecule has 2 aliphatic rings. The second kappa shape index (κ2) is 12.2. The van der Waals surface area contributed by atoms with Crippen LogP contribution in [0.4, 0.5) is 4.39 Å². The van der Waals surface area contributed by atoms with Crippen molar-refractivity contribution in [3.8, 4) is 5.75 Å². The third kappa shape index (κ3) is 6.08. The third-order valence-corrected chi connectivity index (χ3v) is 6.89. The second-order valence-electron chi connectivity index (χ2n) is 9.38. The van der Waals surface area contributed by atoms with E-state index in [1.165, 1.54) is 12.1 Å². The van der Waals surface area contributed by atoms with Gasteiger partial charge in [0.15, 0.2) is 0 Å². The Morgan fingerprint density at radius 1 is 1.19 bits per heavy atom. The minimum absolute atomic E-state index is 0.104. The first kappa shape index (κ1) is 26.6. The number of amides is 3. The Morgan fingerprint density at radius 3 is 2.70 bits per heavy atom. The van der Waals surface area contributed by atoms with E-state index in [9.17, 15) is 18.8 Å². The number of fused-ring (bicyclic) bond motifs is 1. The maximum absolute atomic E-state index is 13.6. The van der Waals surface area contributed by atoms with Crippen molar-refractivity contribution < 1.29 is 28.6 Å². The number of piperazine rings is 1. The zero-order valence-corrected chi connectivity index (χ0v) is 20.6. The van der Waals surface area contributed by atoms with E-state index in [0.29, 0.717) is 30.7 Å². The van der Waals surface area contributed by atoms with Crippen LogP contribution in [0.1, 0.15) is 42.9 Å². The number of nitrogens with one attached hydrogen (secondary N) is 2. The van der Waals surface area contributed by atoms with Crippen molar-refractivity contribution in [1.29, 1.82) is 0 Å². The van der Waals surface area contributed by atoms with E-state index in [0.717, 1.165) is 12.0 Å². The van der Waals surface area contributed by atoms with E-state index in [-0.39, 0.29) is 49.7 Å². The van der Waals surface area contributed by atoms with Gasteiger partial charge < -0.3 is 31.1 Å². The van der Waals surface area contributed by atoms with Crippen molar-refractivity contribution >= 4 is 17.7 Å². The number of hydrogen-bond acceptors (Lipinski definition) is 6. The van der Waals surface area contributed by atoms with Gasteiger partial charge in [-0.15, -0.1) is 0 Å². The summed E-state index contributed by atoms with van der Waals surface area (Å²) in [6.07, 6.45) is 2.08. The maximum atomic E-state index is 13.6. The average Bonchev–Trinajstić information content (AvgIpc) is 3.32. The molecule has 2 aromatic carbocycles. The van der Waals surface area contributed by atoms with Crippen molar-refractivity contribution in [3.63, 3.8) is 0 Å². The summed E-state index contributed by atoms with van der Waals surface area (Å²) in [5, 5.41) is 14.9. The van der Waals surface area contributed by atoms with Gasteiger partial charge in [0.2, 0.25) is 17.7 Å². The highest BCUT2D eigenvalue weighted by Gasteiger charge is 2.54. The van der Waals surface area contributed by atoms with E-state index in [4.69, 9.17) is 15.6 Å². The fourth-order valence-corrected chi connectivity index (χ4v) is 5.11. The summed E-state index contributed by atoms with van der Waals surface area (Å²) in [5.41, 5.74) is 7.00. The molecule has 5 N–H and O–H groups in total.